The molecule has 1 aromatic heterocycles. The third kappa shape index (κ3) is 6.40. The predicted octanol–water partition coefficient (Wildman–Crippen LogP) is -0.163. The third-order valence-electron chi connectivity index (χ3n) is 8.15. The van der Waals surface area contributed by atoms with Crippen molar-refractivity contribution in [3.05, 3.63) is 36.0 Å². The molecule has 0 bridgehead atoms. The molecule has 5 unspecified atom stereocenters. The summed E-state index contributed by atoms with van der Waals surface area (Å²) in [5, 5.41) is 47.4. The lowest BCUT2D eigenvalue weighted by molar-refractivity contribution is -0.161. The number of nitrogens with one attached hydrogen (secondary N) is 3. The Hall–Kier alpha value is -3.48. The molecule has 2 saturated carbocycles. The number of amides is 3. The standard InChI is InChI=1S/C27H36N4O8/c28-24(37)18(9-15-14-29-17-6-2-1-5-16(15)17)31-25(38)27(39)10-19(23(36)20(32)11-27)30-21(33)12-26(13-22(34)35)7-3-4-8-26/h1-2,5-6,14,18-20,23,29,32,36,39H,3-4,7-13H2,(H2,28,37)(H,30,33)(H,31,38)(H,34,35). The Morgan fingerprint density at radius 3 is 2.44 bits per heavy atom. The second-order valence-electron chi connectivity index (χ2n) is 11.1. The summed E-state index contributed by atoms with van der Waals surface area (Å²) in [6.45, 7) is 0. The van der Waals surface area contributed by atoms with Gasteiger partial charge in [0.25, 0.3) is 5.91 Å². The lowest BCUT2D eigenvalue weighted by atomic mass is 9.76. The van der Waals surface area contributed by atoms with Gasteiger partial charge in [0.15, 0.2) is 0 Å². The van der Waals surface area contributed by atoms with E-state index in [4.69, 9.17) is 5.73 Å². The number of fused-ring (bicyclic) bond motifs is 1. The highest BCUT2D eigenvalue weighted by Gasteiger charge is 2.50. The number of aliphatic hydroxyl groups excluding tert-OH is 2. The zero-order valence-electron chi connectivity index (χ0n) is 21.6. The summed E-state index contributed by atoms with van der Waals surface area (Å²) in [4.78, 5) is 52.8. The average molecular weight is 545 g/mol. The molecule has 2 fully saturated rings. The number of hydrogen-bond donors (Lipinski definition) is 8. The summed E-state index contributed by atoms with van der Waals surface area (Å²) in [7, 11) is 0. The molecule has 4 rings (SSSR count). The van der Waals surface area contributed by atoms with E-state index in [0.717, 1.165) is 29.3 Å². The van der Waals surface area contributed by atoms with Crippen LogP contribution in [0.4, 0.5) is 0 Å². The molecule has 0 saturated heterocycles. The van der Waals surface area contributed by atoms with E-state index in [1.165, 1.54) is 0 Å². The number of aromatic amines is 1. The van der Waals surface area contributed by atoms with Gasteiger partial charge in [-0.25, -0.2) is 0 Å². The van der Waals surface area contributed by atoms with Crippen LogP contribution < -0.4 is 16.4 Å². The number of aliphatic carboxylic acids is 1. The third-order valence-corrected chi connectivity index (χ3v) is 8.15. The van der Waals surface area contributed by atoms with Gasteiger partial charge in [0, 0.05) is 42.8 Å². The van der Waals surface area contributed by atoms with Crippen molar-refractivity contribution in [3.8, 4) is 0 Å². The number of nitrogens with two attached hydrogens (primary N) is 1. The van der Waals surface area contributed by atoms with Crippen LogP contribution in [0, 0.1) is 5.41 Å². The van der Waals surface area contributed by atoms with Crippen molar-refractivity contribution in [2.45, 2.75) is 87.7 Å². The van der Waals surface area contributed by atoms with Gasteiger partial charge in [0.2, 0.25) is 11.8 Å². The van der Waals surface area contributed by atoms with Crippen molar-refractivity contribution < 1.29 is 39.6 Å². The molecule has 0 aliphatic heterocycles. The monoisotopic (exact) mass is 544 g/mol. The van der Waals surface area contributed by atoms with Crippen LogP contribution in [0.15, 0.2) is 30.5 Å². The second-order valence-corrected chi connectivity index (χ2v) is 11.1. The Morgan fingerprint density at radius 1 is 1.08 bits per heavy atom. The molecule has 0 spiro atoms. The van der Waals surface area contributed by atoms with E-state index >= 15 is 0 Å². The van der Waals surface area contributed by atoms with Crippen LogP contribution in [0.25, 0.3) is 10.9 Å². The van der Waals surface area contributed by atoms with E-state index in [9.17, 15) is 39.6 Å². The van der Waals surface area contributed by atoms with Crippen LogP contribution in [0.3, 0.4) is 0 Å². The summed E-state index contributed by atoms with van der Waals surface area (Å²) in [6.07, 6.45) is 0.355. The summed E-state index contributed by atoms with van der Waals surface area (Å²) in [5.74, 6) is -3.32. The first kappa shape index (κ1) is 28.5. The molecular weight excluding hydrogens is 508 g/mol. The lowest BCUT2D eigenvalue weighted by Gasteiger charge is -2.42. The minimum Gasteiger partial charge on any atom is -0.481 e. The number of carbonyl (C=O) groups excluding carboxylic acids is 3. The first-order valence-corrected chi connectivity index (χ1v) is 13.2. The fraction of sp³-hybridized carbons (Fsp3) is 0.556. The van der Waals surface area contributed by atoms with Crippen molar-refractivity contribution in [3.63, 3.8) is 0 Å². The maximum atomic E-state index is 13.2. The van der Waals surface area contributed by atoms with Crippen molar-refractivity contribution >= 4 is 34.6 Å². The summed E-state index contributed by atoms with van der Waals surface area (Å²) >= 11 is 0. The number of hydrogen-bond acceptors (Lipinski definition) is 7. The number of para-hydroxylation sites is 1. The van der Waals surface area contributed by atoms with Crippen molar-refractivity contribution in [1.29, 1.82) is 0 Å². The van der Waals surface area contributed by atoms with Gasteiger partial charge < -0.3 is 41.8 Å². The summed E-state index contributed by atoms with van der Waals surface area (Å²) in [5.41, 5.74) is 4.21. The summed E-state index contributed by atoms with van der Waals surface area (Å²) in [6, 6.07) is 5.05. The molecule has 1 aromatic carbocycles. The Morgan fingerprint density at radius 2 is 1.77 bits per heavy atom. The first-order chi connectivity index (χ1) is 18.4. The van der Waals surface area contributed by atoms with Crippen LogP contribution in [0.2, 0.25) is 0 Å². The number of carboxylic acids is 1. The van der Waals surface area contributed by atoms with E-state index in [0.29, 0.717) is 12.8 Å². The maximum absolute atomic E-state index is 13.2. The van der Waals surface area contributed by atoms with Gasteiger partial charge in [-0.3, -0.25) is 19.2 Å². The highest BCUT2D eigenvalue weighted by atomic mass is 16.4. The van der Waals surface area contributed by atoms with Crippen molar-refractivity contribution in [2.75, 3.05) is 0 Å². The van der Waals surface area contributed by atoms with Gasteiger partial charge in [-0.15, -0.1) is 0 Å². The van der Waals surface area contributed by atoms with E-state index < -0.39 is 71.8 Å². The molecule has 1 heterocycles. The Bertz CT molecular complexity index is 1240. The smallest absolute Gasteiger partial charge is 0.303 e. The van der Waals surface area contributed by atoms with E-state index in [1.807, 2.05) is 24.3 Å². The Kier molecular flexibility index (Phi) is 8.28. The molecule has 12 heteroatoms. The minimum atomic E-state index is -2.21. The second kappa shape index (κ2) is 11.3. The number of aromatic nitrogens is 1. The van der Waals surface area contributed by atoms with E-state index in [1.54, 1.807) is 6.20 Å². The number of primary amides is 1. The molecule has 39 heavy (non-hydrogen) atoms. The molecule has 2 aliphatic carbocycles. The molecule has 2 aliphatic rings. The topological polar surface area (TPSA) is 215 Å². The predicted molar refractivity (Wildman–Crippen MR) is 139 cm³/mol. The van der Waals surface area contributed by atoms with E-state index in [2.05, 4.69) is 15.6 Å². The van der Waals surface area contributed by atoms with Crippen molar-refractivity contribution in [2.24, 2.45) is 11.1 Å². The molecule has 12 nitrogen and oxygen atoms in total. The minimum absolute atomic E-state index is 0.0537. The molecule has 212 valence electrons. The molecule has 5 atom stereocenters. The normalized spacial score (nSPS) is 27.1. The first-order valence-electron chi connectivity index (χ1n) is 13.2. The number of carbonyl (C=O) groups is 4. The number of H-pyrrole nitrogens is 1. The Labute approximate surface area is 225 Å². The van der Waals surface area contributed by atoms with Crippen LogP contribution in [-0.2, 0) is 25.6 Å². The molecule has 9 N–H and O–H groups in total. The number of aliphatic hydroxyl groups is 3. The maximum Gasteiger partial charge on any atom is 0.303 e. The fourth-order valence-corrected chi connectivity index (χ4v) is 6.12. The molecule has 2 aromatic rings. The number of benzene rings is 1. The number of carboxylic acid groups (broad SMARTS) is 1. The SMILES string of the molecule is NC(=O)C(Cc1c[nH]c2ccccc12)NC(=O)C1(O)CC(O)C(O)C(NC(=O)CC2(CC(=O)O)CCCC2)C1. The van der Waals surface area contributed by atoms with Crippen LogP contribution in [-0.4, -0.2) is 79.0 Å². The van der Waals surface area contributed by atoms with Gasteiger partial charge in [-0.1, -0.05) is 31.0 Å². The zero-order valence-corrected chi connectivity index (χ0v) is 21.6. The quantitative estimate of drug-likeness (QED) is 0.201. The number of rotatable bonds is 10. The molecular formula is C27H36N4O8. The highest BCUT2D eigenvalue weighted by Crippen LogP contribution is 2.44. The van der Waals surface area contributed by atoms with Crippen LogP contribution in [0.1, 0.15) is 56.9 Å². The Balaban J connectivity index is 1.44. The lowest BCUT2D eigenvalue weighted by Crippen LogP contribution is -2.64. The van der Waals surface area contributed by atoms with Crippen molar-refractivity contribution in [1.82, 2.24) is 15.6 Å². The molecule has 0 radical (unpaired) electrons. The van der Waals surface area contributed by atoms with Crippen LogP contribution >= 0.6 is 0 Å². The van der Waals surface area contributed by atoms with Gasteiger partial charge in [-0.05, 0) is 29.9 Å². The van der Waals surface area contributed by atoms with Crippen LogP contribution in [0.5, 0.6) is 0 Å². The molecule has 3 amide bonds. The highest BCUT2D eigenvalue weighted by molar-refractivity contribution is 5.92. The van der Waals surface area contributed by atoms with Gasteiger partial charge in [0.1, 0.15) is 17.7 Å². The average Bonchev–Trinajstić information content (AvgIpc) is 3.48. The zero-order chi connectivity index (χ0) is 28.4. The summed E-state index contributed by atoms with van der Waals surface area (Å²) < 4.78 is 0. The fourth-order valence-electron chi connectivity index (χ4n) is 6.12. The van der Waals surface area contributed by atoms with Gasteiger partial charge in [-0.2, -0.15) is 0 Å². The van der Waals surface area contributed by atoms with Gasteiger partial charge in [0.05, 0.1) is 18.6 Å². The van der Waals surface area contributed by atoms with Gasteiger partial charge >= 0.3 is 5.97 Å². The van der Waals surface area contributed by atoms with E-state index in [-0.39, 0.29) is 19.3 Å². The largest absolute Gasteiger partial charge is 0.481 e.